The summed E-state index contributed by atoms with van der Waals surface area (Å²) in [6.07, 6.45) is 1.56. The molecule has 0 aliphatic carbocycles. The molecule has 0 spiro atoms. The molecule has 0 fully saturated rings. The van der Waals surface area contributed by atoms with Gasteiger partial charge < -0.3 is 34.1 Å². The number of aromatic hydroxyl groups is 1. The number of pyridine rings is 1. The number of benzene rings is 3. The Bertz CT molecular complexity index is 1480. The number of amides is 1. The zero-order valence-electron chi connectivity index (χ0n) is 20.2. The van der Waals surface area contributed by atoms with Gasteiger partial charge in [0.05, 0.1) is 32.4 Å². The zero-order valence-corrected chi connectivity index (χ0v) is 21.0. The average molecular weight is 523 g/mol. The molecule has 1 atom stereocenters. The van der Waals surface area contributed by atoms with Gasteiger partial charge in [0, 0.05) is 22.7 Å². The van der Waals surface area contributed by atoms with Gasteiger partial charge in [0.1, 0.15) is 11.3 Å². The van der Waals surface area contributed by atoms with E-state index in [1.807, 2.05) is 0 Å². The Kier molecular flexibility index (Phi) is 6.54. The smallest absolute Gasteiger partial charge is 0.252 e. The number of nitrogens with zero attached hydrogens (tertiary/aromatic N) is 1. The number of carbonyl (C=O) groups excluding carboxylic acids is 1. The molecule has 37 heavy (non-hydrogen) atoms. The van der Waals surface area contributed by atoms with Crippen LogP contribution in [0.4, 0.5) is 0 Å². The van der Waals surface area contributed by atoms with Crippen molar-refractivity contribution in [2.75, 3.05) is 28.1 Å². The number of phenolic OH excluding ortho intramolecular Hbond substituents is 1. The Morgan fingerprint density at radius 1 is 1.03 bits per heavy atom. The molecule has 190 valence electrons. The first kappa shape index (κ1) is 24.3. The Hall–Kier alpha value is -4.37. The van der Waals surface area contributed by atoms with E-state index in [4.69, 9.17) is 35.3 Å². The third-order valence-electron chi connectivity index (χ3n) is 6.09. The van der Waals surface area contributed by atoms with E-state index in [1.165, 1.54) is 21.3 Å². The Balaban J connectivity index is 1.63. The molecule has 9 nitrogen and oxygen atoms in total. The van der Waals surface area contributed by atoms with Gasteiger partial charge in [-0.1, -0.05) is 17.7 Å². The summed E-state index contributed by atoms with van der Waals surface area (Å²) in [6.45, 7) is 0.0955. The lowest BCUT2D eigenvalue weighted by atomic mass is 9.95. The van der Waals surface area contributed by atoms with Gasteiger partial charge in [-0.25, -0.2) is 0 Å². The summed E-state index contributed by atoms with van der Waals surface area (Å²) in [5.74, 6) is 1.56. The molecule has 0 bridgehead atoms. The van der Waals surface area contributed by atoms with Gasteiger partial charge in [-0.3, -0.25) is 9.78 Å². The standard InChI is InChI=1S/C27H23ClN2O7/c1-33-21-10-15(11-22(34-2)26(21)35-3)27(32)30-23(14-6-7-19-20(9-14)37-13-36-19)17-12-18(28)16-5-4-8-29-24(16)25(17)31/h4-12,23,31H,13H2,1-3H3,(H,30,32). The van der Waals surface area contributed by atoms with Gasteiger partial charge in [-0.2, -0.15) is 0 Å². The molecule has 2 N–H and O–H groups in total. The van der Waals surface area contributed by atoms with Gasteiger partial charge in [0.25, 0.3) is 5.91 Å². The molecule has 1 unspecified atom stereocenters. The van der Waals surface area contributed by atoms with Crippen molar-refractivity contribution in [2.45, 2.75) is 6.04 Å². The van der Waals surface area contributed by atoms with Crippen LogP contribution in [0.25, 0.3) is 10.9 Å². The summed E-state index contributed by atoms with van der Waals surface area (Å²) in [5, 5.41) is 15.2. The van der Waals surface area contributed by atoms with E-state index < -0.39 is 11.9 Å². The van der Waals surface area contributed by atoms with Crippen molar-refractivity contribution in [3.8, 4) is 34.5 Å². The van der Waals surface area contributed by atoms with Gasteiger partial charge in [-0.05, 0) is 48.0 Å². The maximum Gasteiger partial charge on any atom is 0.252 e. The summed E-state index contributed by atoms with van der Waals surface area (Å²) in [4.78, 5) is 17.9. The van der Waals surface area contributed by atoms with E-state index in [9.17, 15) is 9.90 Å². The van der Waals surface area contributed by atoms with E-state index in [0.717, 1.165) is 0 Å². The van der Waals surface area contributed by atoms with Gasteiger partial charge in [0.2, 0.25) is 12.5 Å². The van der Waals surface area contributed by atoms with Crippen molar-refractivity contribution in [1.29, 1.82) is 0 Å². The van der Waals surface area contributed by atoms with Crippen LogP contribution in [0.3, 0.4) is 0 Å². The van der Waals surface area contributed by atoms with Crippen LogP contribution in [0.15, 0.2) is 54.7 Å². The number of aromatic nitrogens is 1. The second-order valence-corrected chi connectivity index (χ2v) is 8.54. The zero-order chi connectivity index (χ0) is 26.1. The fraction of sp³-hybridized carbons (Fsp3) is 0.185. The van der Waals surface area contributed by atoms with Gasteiger partial charge in [-0.15, -0.1) is 0 Å². The Labute approximate surface area is 217 Å². The van der Waals surface area contributed by atoms with Crippen LogP contribution in [0.2, 0.25) is 5.02 Å². The highest BCUT2D eigenvalue weighted by Crippen LogP contribution is 2.42. The molecule has 0 radical (unpaired) electrons. The molecule has 1 amide bonds. The fourth-order valence-corrected chi connectivity index (χ4v) is 4.56. The lowest BCUT2D eigenvalue weighted by molar-refractivity contribution is 0.0941. The molecule has 1 aliphatic heterocycles. The molecule has 4 aromatic rings. The van der Waals surface area contributed by atoms with Crippen LogP contribution in [-0.2, 0) is 0 Å². The first-order valence-electron chi connectivity index (χ1n) is 11.2. The highest BCUT2D eigenvalue weighted by molar-refractivity contribution is 6.35. The molecule has 2 heterocycles. The van der Waals surface area contributed by atoms with E-state index in [-0.39, 0.29) is 18.1 Å². The van der Waals surface area contributed by atoms with Crippen LogP contribution in [-0.4, -0.2) is 44.1 Å². The number of rotatable bonds is 7. The molecule has 0 saturated heterocycles. The minimum atomic E-state index is -0.829. The average Bonchev–Trinajstić information content (AvgIpc) is 3.41. The topological polar surface area (TPSA) is 108 Å². The number of hydrogen-bond acceptors (Lipinski definition) is 8. The molecule has 3 aromatic carbocycles. The second kappa shape index (κ2) is 9.94. The number of phenols is 1. The van der Waals surface area contributed by atoms with E-state index in [0.29, 0.717) is 55.8 Å². The third kappa shape index (κ3) is 4.38. The fourth-order valence-electron chi connectivity index (χ4n) is 4.29. The number of nitrogens with one attached hydrogen (secondary N) is 1. The van der Waals surface area contributed by atoms with Gasteiger partial charge >= 0.3 is 0 Å². The van der Waals surface area contributed by atoms with Crippen molar-refractivity contribution in [3.63, 3.8) is 0 Å². The first-order valence-corrected chi connectivity index (χ1v) is 11.6. The van der Waals surface area contributed by atoms with Crippen molar-refractivity contribution in [1.82, 2.24) is 10.3 Å². The monoisotopic (exact) mass is 522 g/mol. The van der Waals surface area contributed by atoms with Crippen LogP contribution in [0, 0.1) is 0 Å². The van der Waals surface area contributed by atoms with E-state index in [2.05, 4.69) is 10.3 Å². The molecule has 1 aromatic heterocycles. The lowest BCUT2D eigenvalue weighted by Gasteiger charge is -2.23. The predicted octanol–water partition coefficient (Wildman–Crippen LogP) is 4.87. The second-order valence-electron chi connectivity index (χ2n) is 8.13. The number of carbonyl (C=O) groups is 1. The van der Waals surface area contributed by atoms with Crippen LogP contribution >= 0.6 is 11.6 Å². The quantitative estimate of drug-likeness (QED) is 0.354. The number of hydrogen-bond donors (Lipinski definition) is 2. The van der Waals surface area contributed by atoms with Crippen molar-refractivity contribution >= 4 is 28.4 Å². The number of methoxy groups -OCH3 is 3. The normalized spacial score (nSPS) is 12.8. The van der Waals surface area contributed by atoms with E-state index in [1.54, 1.807) is 54.7 Å². The third-order valence-corrected chi connectivity index (χ3v) is 6.40. The van der Waals surface area contributed by atoms with Crippen molar-refractivity contribution < 1.29 is 33.6 Å². The molecule has 5 rings (SSSR count). The molecule has 10 heteroatoms. The number of halogens is 1. The Morgan fingerprint density at radius 2 is 1.76 bits per heavy atom. The number of fused-ring (bicyclic) bond motifs is 2. The SMILES string of the molecule is COc1cc(C(=O)NC(c2ccc3c(c2)OCO3)c2cc(Cl)c3cccnc3c2O)cc(OC)c1OC. The highest BCUT2D eigenvalue weighted by Gasteiger charge is 2.27. The summed E-state index contributed by atoms with van der Waals surface area (Å²) in [7, 11) is 4.42. The summed E-state index contributed by atoms with van der Waals surface area (Å²) in [6, 6.07) is 12.6. The van der Waals surface area contributed by atoms with Crippen LogP contribution in [0.1, 0.15) is 27.5 Å². The lowest BCUT2D eigenvalue weighted by Crippen LogP contribution is -2.29. The minimum Gasteiger partial charge on any atom is -0.505 e. The summed E-state index contributed by atoms with van der Waals surface area (Å²) >= 11 is 6.57. The van der Waals surface area contributed by atoms with Gasteiger partial charge in [0.15, 0.2) is 23.0 Å². The van der Waals surface area contributed by atoms with E-state index >= 15 is 0 Å². The summed E-state index contributed by atoms with van der Waals surface area (Å²) in [5.41, 5.74) is 1.56. The number of ether oxygens (including phenoxy) is 5. The first-order chi connectivity index (χ1) is 17.9. The molecular formula is C27H23ClN2O7. The minimum absolute atomic E-state index is 0.0955. The largest absolute Gasteiger partial charge is 0.505 e. The molecule has 1 aliphatic rings. The maximum atomic E-state index is 13.6. The van der Waals surface area contributed by atoms with Crippen molar-refractivity contribution in [3.05, 3.63) is 76.4 Å². The van der Waals surface area contributed by atoms with Crippen LogP contribution in [0.5, 0.6) is 34.5 Å². The van der Waals surface area contributed by atoms with Crippen molar-refractivity contribution in [2.24, 2.45) is 0 Å². The molecular weight excluding hydrogens is 500 g/mol. The predicted molar refractivity (Wildman–Crippen MR) is 136 cm³/mol. The maximum absolute atomic E-state index is 13.6. The van der Waals surface area contributed by atoms with Crippen LogP contribution < -0.4 is 29.0 Å². The molecule has 0 saturated carbocycles. The summed E-state index contributed by atoms with van der Waals surface area (Å²) < 4.78 is 27.1. The highest BCUT2D eigenvalue weighted by atomic mass is 35.5. The Morgan fingerprint density at radius 3 is 2.46 bits per heavy atom.